The van der Waals surface area contributed by atoms with Gasteiger partial charge in [-0.1, -0.05) is 0 Å². The molecule has 0 saturated carbocycles. The minimum Gasteiger partial charge on any atom is -0.468 e. The van der Waals surface area contributed by atoms with Crippen LogP contribution in [0.1, 0.15) is 6.92 Å². The van der Waals surface area contributed by atoms with E-state index in [1.807, 2.05) is 0 Å². The second-order valence-electron chi connectivity index (χ2n) is 2.79. The van der Waals surface area contributed by atoms with Crippen molar-refractivity contribution >= 4 is 5.97 Å². The van der Waals surface area contributed by atoms with Crippen LogP contribution in [0.3, 0.4) is 0 Å². The molecule has 0 aromatic carbocycles. The van der Waals surface area contributed by atoms with Gasteiger partial charge in [-0.15, -0.1) is 0 Å². The van der Waals surface area contributed by atoms with Crippen LogP contribution in [0.25, 0.3) is 0 Å². The summed E-state index contributed by atoms with van der Waals surface area (Å²) in [6.07, 6.45) is 0. The van der Waals surface area contributed by atoms with Gasteiger partial charge in [0.25, 0.3) is 0 Å². The Morgan fingerprint density at radius 2 is 2.18 bits per heavy atom. The molecule has 2 atom stereocenters. The van der Waals surface area contributed by atoms with Crippen LogP contribution in [0.2, 0.25) is 0 Å². The first-order valence-corrected chi connectivity index (χ1v) is 3.78. The molecule has 0 bridgehead atoms. The van der Waals surface area contributed by atoms with Gasteiger partial charge in [-0.3, -0.25) is 4.79 Å². The number of carbonyl (C=O) groups is 1. The first-order chi connectivity index (χ1) is 5.24. The van der Waals surface area contributed by atoms with E-state index in [9.17, 15) is 4.79 Å². The van der Waals surface area contributed by atoms with Crippen molar-refractivity contribution in [1.82, 2.24) is 10.6 Å². The van der Waals surface area contributed by atoms with Gasteiger partial charge in [-0.25, -0.2) is 0 Å². The largest absolute Gasteiger partial charge is 0.468 e. The summed E-state index contributed by atoms with van der Waals surface area (Å²) in [5.74, 6) is -0.190. The summed E-state index contributed by atoms with van der Waals surface area (Å²) >= 11 is 0. The zero-order valence-electron chi connectivity index (χ0n) is 6.89. The van der Waals surface area contributed by atoms with Crippen molar-refractivity contribution in [2.24, 2.45) is 0 Å². The first kappa shape index (κ1) is 8.49. The van der Waals surface area contributed by atoms with E-state index in [1.165, 1.54) is 7.11 Å². The molecule has 1 rings (SSSR count). The molecular weight excluding hydrogens is 144 g/mol. The predicted octanol–water partition coefficient (Wildman–Crippen LogP) is -0.891. The molecule has 11 heavy (non-hydrogen) atoms. The van der Waals surface area contributed by atoms with E-state index in [0.717, 1.165) is 6.54 Å². The van der Waals surface area contributed by atoms with Crippen LogP contribution >= 0.6 is 0 Å². The highest BCUT2D eigenvalue weighted by atomic mass is 16.5. The van der Waals surface area contributed by atoms with Crippen LogP contribution in [0.5, 0.6) is 0 Å². The third-order valence-electron chi connectivity index (χ3n) is 1.83. The molecule has 0 radical (unpaired) electrons. The highest BCUT2D eigenvalue weighted by Crippen LogP contribution is 1.94. The Morgan fingerprint density at radius 3 is 2.64 bits per heavy atom. The predicted molar refractivity (Wildman–Crippen MR) is 41.3 cm³/mol. The van der Waals surface area contributed by atoms with Gasteiger partial charge >= 0.3 is 5.97 Å². The van der Waals surface area contributed by atoms with Crippen molar-refractivity contribution in [2.45, 2.75) is 19.0 Å². The normalized spacial score (nSPS) is 31.5. The van der Waals surface area contributed by atoms with E-state index in [2.05, 4.69) is 22.3 Å². The van der Waals surface area contributed by atoms with Gasteiger partial charge in [-0.2, -0.15) is 0 Å². The van der Waals surface area contributed by atoms with Crippen molar-refractivity contribution < 1.29 is 9.53 Å². The highest BCUT2D eigenvalue weighted by molar-refractivity contribution is 5.76. The molecule has 0 spiro atoms. The molecule has 4 heteroatoms. The quantitative estimate of drug-likeness (QED) is 0.486. The summed E-state index contributed by atoms with van der Waals surface area (Å²) in [7, 11) is 1.40. The van der Waals surface area contributed by atoms with Crippen LogP contribution in [0.15, 0.2) is 0 Å². The van der Waals surface area contributed by atoms with Crippen LogP contribution in [0.4, 0.5) is 0 Å². The van der Waals surface area contributed by atoms with Crippen LogP contribution in [-0.4, -0.2) is 38.3 Å². The van der Waals surface area contributed by atoms with E-state index >= 15 is 0 Å². The number of carbonyl (C=O) groups excluding carboxylic acids is 1. The summed E-state index contributed by atoms with van der Waals surface area (Å²) in [5, 5.41) is 6.27. The van der Waals surface area contributed by atoms with Crippen molar-refractivity contribution in [3.8, 4) is 0 Å². The first-order valence-electron chi connectivity index (χ1n) is 3.78. The van der Waals surface area contributed by atoms with Gasteiger partial charge in [0, 0.05) is 19.1 Å². The number of nitrogens with one attached hydrogen (secondary N) is 2. The maximum Gasteiger partial charge on any atom is 0.324 e. The fourth-order valence-electron chi connectivity index (χ4n) is 1.09. The molecule has 1 saturated heterocycles. The molecule has 64 valence electrons. The lowest BCUT2D eigenvalue weighted by Crippen LogP contribution is -2.56. The summed E-state index contributed by atoms with van der Waals surface area (Å²) < 4.78 is 4.58. The molecule has 0 amide bonds. The average molecular weight is 158 g/mol. The highest BCUT2D eigenvalue weighted by Gasteiger charge is 2.23. The molecule has 1 heterocycles. The lowest BCUT2D eigenvalue weighted by atomic mass is 10.2. The molecule has 0 aliphatic carbocycles. The molecule has 0 aromatic heterocycles. The SMILES string of the molecule is COC(=O)[C@H]1CNC(C)CN1. The zero-order chi connectivity index (χ0) is 8.27. The standard InChI is InChI=1S/C7H14N2O2/c1-5-3-9-6(4-8-5)7(10)11-2/h5-6,8-9H,3-4H2,1-2H3/t5?,6-/m1/s1. The molecule has 2 N–H and O–H groups in total. The summed E-state index contributed by atoms with van der Waals surface area (Å²) in [5.41, 5.74) is 0. The Morgan fingerprint density at radius 1 is 1.45 bits per heavy atom. The minimum absolute atomic E-state index is 0.170. The number of esters is 1. The zero-order valence-corrected chi connectivity index (χ0v) is 6.89. The van der Waals surface area contributed by atoms with Gasteiger partial charge in [0.05, 0.1) is 7.11 Å². The maximum absolute atomic E-state index is 10.9. The Kier molecular flexibility index (Phi) is 2.84. The topological polar surface area (TPSA) is 50.4 Å². The Hall–Kier alpha value is -0.610. The fraction of sp³-hybridized carbons (Fsp3) is 0.857. The number of hydrogen-bond acceptors (Lipinski definition) is 4. The van der Waals surface area contributed by atoms with Crippen molar-refractivity contribution in [1.29, 1.82) is 0 Å². The Balaban J connectivity index is 2.33. The van der Waals surface area contributed by atoms with Gasteiger partial charge in [-0.05, 0) is 6.92 Å². The second kappa shape index (κ2) is 3.69. The van der Waals surface area contributed by atoms with Crippen LogP contribution in [-0.2, 0) is 9.53 Å². The smallest absolute Gasteiger partial charge is 0.324 e. The molecule has 1 fully saturated rings. The molecular formula is C7H14N2O2. The molecule has 0 aromatic rings. The third kappa shape index (κ3) is 2.17. The lowest BCUT2D eigenvalue weighted by molar-refractivity contribution is -0.143. The number of hydrogen-bond donors (Lipinski definition) is 2. The van der Waals surface area contributed by atoms with E-state index in [0.29, 0.717) is 12.6 Å². The molecule has 4 nitrogen and oxygen atoms in total. The number of piperazine rings is 1. The maximum atomic E-state index is 10.9. The van der Waals surface area contributed by atoms with Crippen LogP contribution in [0, 0.1) is 0 Å². The van der Waals surface area contributed by atoms with Crippen molar-refractivity contribution in [2.75, 3.05) is 20.2 Å². The molecule has 1 aliphatic rings. The van der Waals surface area contributed by atoms with Gasteiger partial charge in [0.15, 0.2) is 0 Å². The van der Waals surface area contributed by atoms with Crippen molar-refractivity contribution in [3.63, 3.8) is 0 Å². The Labute approximate surface area is 66.3 Å². The van der Waals surface area contributed by atoms with E-state index in [4.69, 9.17) is 0 Å². The molecule has 1 aliphatic heterocycles. The number of rotatable bonds is 1. The van der Waals surface area contributed by atoms with E-state index in [-0.39, 0.29) is 12.0 Å². The monoisotopic (exact) mass is 158 g/mol. The third-order valence-corrected chi connectivity index (χ3v) is 1.83. The van der Waals surface area contributed by atoms with Crippen molar-refractivity contribution in [3.05, 3.63) is 0 Å². The van der Waals surface area contributed by atoms with Crippen LogP contribution < -0.4 is 10.6 Å². The minimum atomic E-state index is -0.190. The van der Waals surface area contributed by atoms with E-state index in [1.54, 1.807) is 0 Å². The number of ether oxygens (including phenoxy) is 1. The lowest BCUT2D eigenvalue weighted by Gasteiger charge is -2.26. The summed E-state index contributed by atoms with van der Waals surface area (Å²) in [4.78, 5) is 10.9. The van der Waals surface area contributed by atoms with Gasteiger partial charge in [0.1, 0.15) is 6.04 Å². The average Bonchev–Trinajstić information content (AvgIpc) is 2.05. The Bertz CT molecular complexity index is 141. The summed E-state index contributed by atoms with van der Waals surface area (Å²) in [6, 6.07) is 0.270. The second-order valence-corrected chi connectivity index (χ2v) is 2.79. The number of methoxy groups -OCH3 is 1. The van der Waals surface area contributed by atoms with Gasteiger partial charge < -0.3 is 15.4 Å². The van der Waals surface area contributed by atoms with Gasteiger partial charge in [0.2, 0.25) is 0 Å². The summed E-state index contributed by atoms with van der Waals surface area (Å²) in [6.45, 7) is 3.55. The molecule has 1 unspecified atom stereocenters. The van der Waals surface area contributed by atoms with E-state index < -0.39 is 0 Å². The fourth-order valence-corrected chi connectivity index (χ4v) is 1.09.